The summed E-state index contributed by atoms with van der Waals surface area (Å²) in [6.07, 6.45) is 4.39. The number of rotatable bonds is 10. The number of carbonyl (C=O) groups excluding carboxylic acids is 1. The van der Waals surface area contributed by atoms with Gasteiger partial charge in [0.2, 0.25) is 0 Å². The van der Waals surface area contributed by atoms with E-state index in [9.17, 15) is 14.9 Å². The van der Waals surface area contributed by atoms with Gasteiger partial charge < -0.3 is 10.1 Å². The van der Waals surface area contributed by atoms with Gasteiger partial charge in [0.25, 0.3) is 5.69 Å². The number of esters is 1. The maximum Gasteiger partial charge on any atom is 0.338 e. The Morgan fingerprint density at radius 1 is 1.07 bits per heavy atom. The summed E-state index contributed by atoms with van der Waals surface area (Å²) in [4.78, 5) is 22.4. The van der Waals surface area contributed by atoms with E-state index >= 15 is 0 Å². The molecule has 1 atom stereocenters. The second-order valence-electron chi connectivity index (χ2n) is 6.52. The van der Waals surface area contributed by atoms with Crippen LogP contribution in [0.4, 0.5) is 17.1 Å². The molecule has 0 amide bonds. The predicted octanol–water partition coefficient (Wildman–Crippen LogP) is 5.71. The van der Waals surface area contributed by atoms with Crippen molar-refractivity contribution in [1.29, 1.82) is 0 Å². The maximum absolute atomic E-state index is 12.2. The predicted molar refractivity (Wildman–Crippen MR) is 106 cm³/mol. The van der Waals surface area contributed by atoms with E-state index in [4.69, 9.17) is 4.74 Å². The number of hydrogen-bond acceptors (Lipinski definition) is 5. The van der Waals surface area contributed by atoms with Crippen LogP contribution in [0.25, 0.3) is 0 Å². The third kappa shape index (κ3) is 6.40. The van der Waals surface area contributed by atoms with Crippen LogP contribution in [0.3, 0.4) is 0 Å². The largest absolute Gasteiger partial charge is 0.462 e. The van der Waals surface area contributed by atoms with E-state index in [1.807, 2.05) is 0 Å². The van der Waals surface area contributed by atoms with Crippen LogP contribution >= 0.6 is 0 Å². The lowest BCUT2D eigenvalue weighted by atomic mass is 10.0. The van der Waals surface area contributed by atoms with Crippen molar-refractivity contribution in [1.82, 2.24) is 0 Å². The Bertz CT molecular complexity index is 742. The highest BCUT2D eigenvalue weighted by Crippen LogP contribution is 2.21. The molecule has 0 fully saturated rings. The summed E-state index contributed by atoms with van der Waals surface area (Å²) in [6, 6.07) is 13.2. The van der Waals surface area contributed by atoms with Crippen LogP contribution in [0.5, 0.6) is 0 Å². The first-order valence-corrected chi connectivity index (χ1v) is 9.32. The third-order valence-electron chi connectivity index (χ3n) is 4.48. The second-order valence-corrected chi connectivity index (χ2v) is 6.52. The fraction of sp³-hybridized carbons (Fsp3) is 0.381. The summed E-state index contributed by atoms with van der Waals surface area (Å²) < 4.78 is 5.45. The van der Waals surface area contributed by atoms with Crippen LogP contribution in [0.15, 0.2) is 48.5 Å². The molecule has 0 bridgehead atoms. The topological polar surface area (TPSA) is 81.5 Å². The minimum absolute atomic E-state index is 0.0444. The molecule has 27 heavy (non-hydrogen) atoms. The van der Waals surface area contributed by atoms with Crippen molar-refractivity contribution in [3.8, 4) is 0 Å². The quantitative estimate of drug-likeness (QED) is 0.329. The lowest BCUT2D eigenvalue weighted by Gasteiger charge is -2.14. The van der Waals surface area contributed by atoms with Gasteiger partial charge in [0.15, 0.2) is 0 Å². The number of anilines is 2. The molecule has 1 N–H and O–H groups in total. The minimum Gasteiger partial charge on any atom is -0.462 e. The van der Waals surface area contributed by atoms with E-state index in [0.717, 1.165) is 37.1 Å². The van der Waals surface area contributed by atoms with Gasteiger partial charge in [0, 0.05) is 23.5 Å². The molecule has 0 radical (unpaired) electrons. The number of nitrogens with one attached hydrogen (secondary N) is 1. The summed E-state index contributed by atoms with van der Waals surface area (Å²) >= 11 is 0. The highest BCUT2D eigenvalue weighted by atomic mass is 16.6. The van der Waals surface area contributed by atoms with Crippen LogP contribution in [-0.4, -0.2) is 17.5 Å². The molecule has 2 aromatic carbocycles. The second kappa shape index (κ2) is 10.3. The van der Waals surface area contributed by atoms with Gasteiger partial charge in [-0.15, -0.1) is 0 Å². The zero-order valence-corrected chi connectivity index (χ0v) is 15.8. The Balaban J connectivity index is 1.90. The normalized spacial score (nSPS) is 11.6. The van der Waals surface area contributed by atoms with Crippen LogP contribution in [0.1, 0.15) is 49.9 Å². The first-order valence-electron chi connectivity index (χ1n) is 9.32. The zero-order chi connectivity index (χ0) is 19.6. The van der Waals surface area contributed by atoms with Crippen LogP contribution in [0, 0.1) is 16.0 Å². The standard InChI is InChI=1S/C21H26N2O4/c1-3-5-6-16(4-2)15-27-21(24)17-7-9-18(10-8-17)22-19-11-13-20(14-12-19)23(25)26/h7-14,16,22H,3-6,15H2,1-2H3. The first-order chi connectivity index (χ1) is 13.0. The summed E-state index contributed by atoms with van der Waals surface area (Å²) in [6.45, 7) is 4.73. The van der Waals surface area contributed by atoms with E-state index in [1.54, 1.807) is 36.4 Å². The molecular weight excluding hydrogens is 344 g/mol. The Morgan fingerprint density at radius 3 is 2.19 bits per heavy atom. The van der Waals surface area contributed by atoms with Gasteiger partial charge in [-0.2, -0.15) is 0 Å². The molecule has 0 saturated heterocycles. The molecule has 1 unspecified atom stereocenters. The van der Waals surface area contributed by atoms with Gasteiger partial charge >= 0.3 is 5.97 Å². The average Bonchev–Trinajstić information content (AvgIpc) is 2.69. The van der Waals surface area contributed by atoms with Crippen molar-refractivity contribution in [2.75, 3.05) is 11.9 Å². The molecule has 6 nitrogen and oxygen atoms in total. The first kappa shape index (κ1) is 20.4. The third-order valence-corrected chi connectivity index (χ3v) is 4.48. The molecule has 6 heteroatoms. The number of unbranched alkanes of at least 4 members (excludes halogenated alkanes) is 1. The van der Waals surface area contributed by atoms with Crippen molar-refractivity contribution in [3.05, 3.63) is 64.2 Å². The fourth-order valence-electron chi connectivity index (χ4n) is 2.70. The number of nitro benzene ring substituents is 1. The molecule has 0 aliphatic heterocycles. The van der Waals surface area contributed by atoms with E-state index in [2.05, 4.69) is 19.2 Å². The molecule has 0 spiro atoms. The summed E-state index contributed by atoms with van der Waals surface area (Å²) in [5.41, 5.74) is 2.07. The number of non-ortho nitro benzene ring substituents is 1. The maximum atomic E-state index is 12.2. The molecule has 0 aliphatic rings. The van der Waals surface area contributed by atoms with Crippen LogP contribution in [0.2, 0.25) is 0 Å². The number of hydrogen-bond donors (Lipinski definition) is 1. The summed E-state index contributed by atoms with van der Waals surface area (Å²) in [5, 5.41) is 13.8. The Hall–Kier alpha value is -2.89. The van der Waals surface area contributed by atoms with Crippen molar-refractivity contribution in [2.45, 2.75) is 39.5 Å². The van der Waals surface area contributed by atoms with E-state index in [1.165, 1.54) is 12.1 Å². The number of carbonyl (C=O) groups is 1. The van der Waals surface area contributed by atoms with Crippen molar-refractivity contribution < 1.29 is 14.5 Å². The highest BCUT2D eigenvalue weighted by Gasteiger charge is 2.12. The Labute approximate surface area is 159 Å². The Morgan fingerprint density at radius 2 is 1.67 bits per heavy atom. The Kier molecular flexibility index (Phi) is 7.79. The van der Waals surface area contributed by atoms with Gasteiger partial charge in [0.05, 0.1) is 17.1 Å². The van der Waals surface area contributed by atoms with Gasteiger partial charge in [-0.3, -0.25) is 10.1 Å². The molecular formula is C21H26N2O4. The van der Waals surface area contributed by atoms with Gasteiger partial charge in [0.1, 0.15) is 0 Å². The molecule has 2 aromatic rings. The SMILES string of the molecule is CCCCC(CC)COC(=O)c1ccc(Nc2ccc([N+](=O)[O-])cc2)cc1. The van der Waals surface area contributed by atoms with E-state index < -0.39 is 4.92 Å². The number of nitrogens with zero attached hydrogens (tertiary/aromatic N) is 1. The van der Waals surface area contributed by atoms with E-state index in [-0.39, 0.29) is 11.7 Å². The van der Waals surface area contributed by atoms with E-state index in [0.29, 0.717) is 18.1 Å². The molecule has 0 saturated carbocycles. The monoisotopic (exact) mass is 370 g/mol. The summed E-state index contributed by atoms with van der Waals surface area (Å²) in [5.74, 6) is 0.101. The number of ether oxygens (including phenoxy) is 1. The van der Waals surface area contributed by atoms with Crippen molar-refractivity contribution in [2.24, 2.45) is 5.92 Å². The smallest absolute Gasteiger partial charge is 0.338 e. The molecule has 0 heterocycles. The van der Waals surface area contributed by atoms with Crippen molar-refractivity contribution >= 4 is 23.0 Å². The average molecular weight is 370 g/mol. The minimum atomic E-state index is -0.435. The summed E-state index contributed by atoms with van der Waals surface area (Å²) in [7, 11) is 0. The van der Waals surface area contributed by atoms with Crippen LogP contribution in [-0.2, 0) is 4.74 Å². The van der Waals surface area contributed by atoms with Gasteiger partial charge in [-0.25, -0.2) is 4.79 Å². The number of benzene rings is 2. The van der Waals surface area contributed by atoms with Gasteiger partial charge in [-0.1, -0.05) is 33.1 Å². The molecule has 0 aromatic heterocycles. The lowest BCUT2D eigenvalue weighted by Crippen LogP contribution is -2.14. The zero-order valence-electron chi connectivity index (χ0n) is 15.8. The molecule has 144 valence electrons. The van der Waals surface area contributed by atoms with Crippen LogP contribution < -0.4 is 5.32 Å². The highest BCUT2D eigenvalue weighted by molar-refractivity contribution is 5.89. The number of nitro groups is 1. The van der Waals surface area contributed by atoms with Gasteiger partial charge in [-0.05, 0) is 48.7 Å². The molecule has 0 aliphatic carbocycles. The van der Waals surface area contributed by atoms with Crippen molar-refractivity contribution in [3.63, 3.8) is 0 Å². The fourth-order valence-corrected chi connectivity index (χ4v) is 2.70. The lowest BCUT2D eigenvalue weighted by molar-refractivity contribution is -0.384. The molecule has 2 rings (SSSR count).